The monoisotopic (exact) mass is 117 g/mol. The summed E-state index contributed by atoms with van der Waals surface area (Å²) in [4.78, 5) is 9.53. The van der Waals surface area contributed by atoms with E-state index >= 15 is 0 Å². The Kier molecular flexibility index (Phi) is 5.97. The molecule has 8 heavy (non-hydrogen) atoms. The molecular weight excluding hydrogens is 106 g/mol. The summed E-state index contributed by atoms with van der Waals surface area (Å²) < 4.78 is 4.42. The maximum absolute atomic E-state index is 9.53. The minimum absolute atomic E-state index is 0.468. The quantitative estimate of drug-likeness (QED) is 0.399. The van der Waals surface area contributed by atoms with Crippen LogP contribution >= 0.6 is 0 Å². The summed E-state index contributed by atoms with van der Waals surface area (Å²) in [5, 5.41) is 2.93. The molecule has 0 aromatic rings. The standard InChI is InChI=1S/C5H11NO2/c1-6-3-2-4-8-5-7/h5-6H,2-4H2,1H3. The number of rotatable bonds is 5. The normalized spacial score (nSPS) is 8.62. The van der Waals surface area contributed by atoms with E-state index in [1.807, 2.05) is 7.05 Å². The third kappa shape index (κ3) is 5.43. The third-order valence-corrected chi connectivity index (χ3v) is 0.757. The van der Waals surface area contributed by atoms with Crippen LogP contribution in [0.1, 0.15) is 6.42 Å². The van der Waals surface area contributed by atoms with Crippen LogP contribution in [0.3, 0.4) is 0 Å². The Balaban J connectivity index is 2.62. The average molecular weight is 117 g/mol. The first-order valence-corrected chi connectivity index (χ1v) is 2.61. The van der Waals surface area contributed by atoms with Crippen molar-refractivity contribution in [2.24, 2.45) is 0 Å². The van der Waals surface area contributed by atoms with Gasteiger partial charge in [0.25, 0.3) is 6.47 Å². The summed E-state index contributed by atoms with van der Waals surface area (Å²) >= 11 is 0. The van der Waals surface area contributed by atoms with Crippen LogP contribution in [-0.2, 0) is 9.53 Å². The van der Waals surface area contributed by atoms with E-state index in [9.17, 15) is 4.79 Å². The fourth-order valence-electron chi connectivity index (χ4n) is 0.380. The second kappa shape index (κ2) is 6.43. The van der Waals surface area contributed by atoms with Gasteiger partial charge in [-0.25, -0.2) is 0 Å². The summed E-state index contributed by atoms with van der Waals surface area (Å²) in [6.45, 7) is 1.88. The lowest BCUT2D eigenvalue weighted by atomic mass is 10.5. The van der Waals surface area contributed by atoms with Gasteiger partial charge in [0, 0.05) is 0 Å². The Hall–Kier alpha value is -0.570. The van der Waals surface area contributed by atoms with Crippen LogP contribution < -0.4 is 5.32 Å². The van der Waals surface area contributed by atoms with Gasteiger partial charge in [0.05, 0.1) is 6.61 Å². The second-order valence-electron chi connectivity index (χ2n) is 1.42. The van der Waals surface area contributed by atoms with Crippen LogP contribution in [0, 0.1) is 0 Å². The Morgan fingerprint density at radius 2 is 2.50 bits per heavy atom. The van der Waals surface area contributed by atoms with Gasteiger partial charge < -0.3 is 10.1 Å². The van der Waals surface area contributed by atoms with Crippen molar-refractivity contribution in [2.75, 3.05) is 20.2 Å². The molecule has 0 rings (SSSR count). The van der Waals surface area contributed by atoms with E-state index in [0.717, 1.165) is 13.0 Å². The predicted molar refractivity (Wildman–Crippen MR) is 30.6 cm³/mol. The second-order valence-corrected chi connectivity index (χ2v) is 1.42. The van der Waals surface area contributed by atoms with Gasteiger partial charge >= 0.3 is 0 Å². The Labute approximate surface area is 49.0 Å². The van der Waals surface area contributed by atoms with E-state index in [4.69, 9.17) is 0 Å². The van der Waals surface area contributed by atoms with Crippen LogP contribution in [0.25, 0.3) is 0 Å². The summed E-state index contributed by atoms with van der Waals surface area (Å²) in [5.41, 5.74) is 0. The van der Waals surface area contributed by atoms with Crippen molar-refractivity contribution < 1.29 is 9.53 Å². The fourth-order valence-corrected chi connectivity index (χ4v) is 0.380. The zero-order valence-corrected chi connectivity index (χ0v) is 5.02. The maximum atomic E-state index is 9.53. The molecule has 0 amide bonds. The molecule has 0 radical (unpaired) electrons. The molecule has 0 heterocycles. The van der Waals surface area contributed by atoms with Crippen molar-refractivity contribution in [3.05, 3.63) is 0 Å². The summed E-state index contributed by atoms with van der Waals surface area (Å²) in [6, 6.07) is 0. The van der Waals surface area contributed by atoms with Gasteiger partial charge in [-0.05, 0) is 20.0 Å². The van der Waals surface area contributed by atoms with Crippen LogP contribution in [0.15, 0.2) is 0 Å². The van der Waals surface area contributed by atoms with E-state index in [-0.39, 0.29) is 0 Å². The van der Waals surface area contributed by atoms with E-state index in [1.54, 1.807) is 0 Å². The molecule has 48 valence electrons. The first kappa shape index (κ1) is 7.43. The van der Waals surface area contributed by atoms with Gasteiger partial charge in [0.15, 0.2) is 0 Å². The lowest BCUT2D eigenvalue weighted by Gasteiger charge is -1.95. The summed E-state index contributed by atoms with van der Waals surface area (Å²) in [7, 11) is 1.86. The highest BCUT2D eigenvalue weighted by atomic mass is 16.5. The smallest absolute Gasteiger partial charge is 0.293 e. The molecule has 0 unspecified atom stereocenters. The molecule has 0 aliphatic carbocycles. The molecule has 0 bridgehead atoms. The molecule has 0 aromatic carbocycles. The topological polar surface area (TPSA) is 38.3 Å². The van der Waals surface area contributed by atoms with Gasteiger partial charge in [-0.3, -0.25) is 4.79 Å². The highest BCUT2D eigenvalue weighted by molar-refractivity contribution is 5.36. The van der Waals surface area contributed by atoms with Crippen LogP contribution in [0.5, 0.6) is 0 Å². The number of ether oxygens (including phenoxy) is 1. The van der Waals surface area contributed by atoms with E-state index < -0.39 is 0 Å². The van der Waals surface area contributed by atoms with Gasteiger partial charge in [-0.1, -0.05) is 0 Å². The van der Waals surface area contributed by atoms with E-state index in [1.165, 1.54) is 0 Å². The number of hydrogen-bond donors (Lipinski definition) is 1. The van der Waals surface area contributed by atoms with Crippen LogP contribution in [0.2, 0.25) is 0 Å². The van der Waals surface area contributed by atoms with Crippen molar-refractivity contribution in [1.29, 1.82) is 0 Å². The fraction of sp³-hybridized carbons (Fsp3) is 0.800. The summed E-state index contributed by atoms with van der Waals surface area (Å²) in [5.74, 6) is 0. The van der Waals surface area contributed by atoms with Crippen molar-refractivity contribution in [2.45, 2.75) is 6.42 Å². The van der Waals surface area contributed by atoms with Crippen molar-refractivity contribution >= 4 is 6.47 Å². The molecular formula is C5H11NO2. The highest BCUT2D eigenvalue weighted by Crippen LogP contribution is 1.74. The molecule has 0 aromatic heterocycles. The molecule has 0 fully saturated rings. The van der Waals surface area contributed by atoms with Crippen LogP contribution in [0.4, 0.5) is 0 Å². The van der Waals surface area contributed by atoms with Crippen molar-refractivity contribution in [1.82, 2.24) is 5.32 Å². The molecule has 0 aliphatic rings. The minimum atomic E-state index is 0.468. The summed E-state index contributed by atoms with van der Waals surface area (Å²) in [6.07, 6.45) is 0.884. The van der Waals surface area contributed by atoms with Crippen molar-refractivity contribution in [3.63, 3.8) is 0 Å². The first-order chi connectivity index (χ1) is 3.91. The SMILES string of the molecule is CNCCCOC=O. The Morgan fingerprint density at radius 1 is 1.75 bits per heavy atom. The number of nitrogens with one attached hydrogen (secondary N) is 1. The molecule has 0 saturated carbocycles. The third-order valence-electron chi connectivity index (χ3n) is 0.757. The zero-order valence-electron chi connectivity index (χ0n) is 5.02. The lowest BCUT2D eigenvalue weighted by molar-refractivity contribution is -0.128. The van der Waals surface area contributed by atoms with Gasteiger partial charge in [0.2, 0.25) is 0 Å². The highest BCUT2D eigenvalue weighted by Gasteiger charge is 1.81. The van der Waals surface area contributed by atoms with Crippen LogP contribution in [-0.4, -0.2) is 26.7 Å². The largest absolute Gasteiger partial charge is 0.468 e. The molecule has 1 N–H and O–H groups in total. The Bertz CT molecular complexity index is 56.4. The molecule has 0 atom stereocenters. The van der Waals surface area contributed by atoms with Gasteiger partial charge in [-0.2, -0.15) is 0 Å². The molecule has 3 heteroatoms. The molecule has 0 aliphatic heterocycles. The molecule has 3 nitrogen and oxygen atoms in total. The van der Waals surface area contributed by atoms with Gasteiger partial charge in [-0.15, -0.1) is 0 Å². The van der Waals surface area contributed by atoms with Gasteiger partial charge in [0.1, 0.15) is 0 Å². The minimum Gasteiger partial charge on any atom is -0.468 e. The molecule has 0 saturated heterocycles. The lowest BCUT2D eigenvalue weighted by Crippen LogP contribution is -2.09. The first-order valence-electron chi connectivity index (χ1n) is 2.61. The zero-order chi connectivity index (χ0) is 6.24. The average Bonchev–Trinajstić information content (AvgIpc) is 1.81. The maximum Gasteiger partial charge on any atom is 0.293 e. The van der Waals surface area contributed by atoms with E-state index in [2.05, 4.69) is 10.1 Å². The van der Waals surface area contributed by atoms with E-state index in [0.29, 0.717) is 13.1 Å². The number of carbonyl (C=O) groups excluding carboxylic acids is 1. The predicted octanol–water partition coefficient (Wildman–Crippen LogP) is -0.231. The number of carbonyl (C=O) groups is 1. The molecule has 0 spiro atoms. The Morgan fingerprint density at radius 3 is 3.00 bits per heavy atom. The number of hydrogen-bond acceptors (Lipinski definition) is 3. The van der Waals surface area contributed by atoms with Crippen molar-refractivity contribution in [3.8, 4) is 0 Å².